The highest BCUT2D eigenvalue weighted by molar-refractivity contribution is 6.30. The standard InChI is InChI=1S/C22H18ClF3N3O4/c23-14-4-6-16(7-5-14)33-11-19(30)17-9-27-10-18-20(31)28(21(32)29(17,18)12-27)15-3-1-2-13(8-15)22(24,25)26/h1-8,17-18H,9-12H2/q+1. The Morgan fingerprint density at radius 3 is 2.55 bits per heavy atom. The van der Waals surface area contributed by atoms with Gasteiger partial charge in [0.25, 0.3) is 5.91 Å². The van der Waals surface area contributed by atoms with Crippen molar-refractivity contribution in [1.82, 2.24) is 4.90 Å². The van der Waals surface area contributed by atoms with Gasteiger partial charge in [-0.15, -0.1) is 0 Å². The largest absolute Gasteiger partial charge is 0.486 e. The molecule has 5 rings (SSSR count). The zero-order valence-electron chi connectivity index (χ0n) is 17.1. The molecule has 172 valence electrons. The van der Waals surface area contributed by atoms with Crippen LogP contribution in [0.3, 0.4) is 0 Å². The number of piperazine rings is 1. The molecule has 0 aromatic heterocycles. The van der Waals surface area contributed by atoms with Crippen molar-refractivity contribution < 1.29 is 36.8 Å². The van der Waals surface area contributed by atoms with Crippen LogP contribution < -0.4 is 9.64 Å². The number of carbonyl (C=O) groups excluding carboxylic acids is 3. The maximum Gasteiger partial charge on any atom is 0.433 e. The Balaban J connectivity index is 1.41. The molecule has 3 unspecified atom stereocenters. The van der Waals surface area contributed by atoms with Crippen LogP contribution in [-0.2, 0) is 15.8 Å². The molecule has 0 N–H and O–H groups in total. The first kappa shape index (κ1) is 21.9. The van der Waals surface area contributed by atoms with Gasteiger partial charge in [-0.3, -0.25) is 9.59 Å². The highest BCUT2D eigenvalue weighted by atomic mass is 35.5. The molecule has 2 aromatic carbocycles. The molecule has 1 spiro atoms. The second kappa shape index (κ2) is 7.54. The summed E-state index contributed by atoms with van der Waals surface area (Å²) in [4.78, 5) is 42.4. The molecular weight excluding hydrogens is 463 g/mol. The summed E-state index contributed by atoms with van der Waals surface area (Å²) in [5.74, 6) is -0.528. The van der Waals surface area contributed by atoms with Gasteiger partial charge in [-0.2, -0.15) is 18.1 Å². The molecule has 0 saturated carbocycles. The third kappa shape index (κ3) is 3.40. The third-order valence-corrected chi connectivity index (χ3v) is 6.71. The van der Waals surface area contributed by atoms with Gasteiger partial charge < -0.3 is 4.74 Å². The fourth-order valence-electron chi connectivity index (χ4n) is 4.95. The lowest BCUT2D eigenvalue weighted by molar-refractivity contribution is -0.852. The van der Waals surface area contributed by atoms with Gasteiger partial charge in [-0.1, -0.05) is 17.7 Å². The predicted octanol–water partition coefficient (Wildman–Crippen LogP) is 3.31. The number of fused-ring (bicyclic) bond motifs is 1. The van der Waals surface area contributed by atoms with Crippen molar-refractivity contribution in [1.29, 1.82) is 0 Å². The van der Waals surface area contributed by atoms with Crippen molar-refractivity contribution in [3.8, 4) is 5.75 Å². The van der Waals surface area contributed by atoms with Crippen molar-refractivity contribution in [2.24, 2.45) is 0 Å². The van der Waals surface area contributed by atoms with Crippen LogP contribution in [0.2, 0.25) is 5.02 Å². The van der Waals surface area contributed by atoms with Crippen LogP contribution in [0, 0.1) is 0 Å². The molecule has 2 bridgehead atoms. The van der Waals surface area contributed by atoms with Crippen molar-refractivity contribution in [3.63, 3.8) is 0 Å². The highest BCUT2D eigenvalue weighted by Gasteiger charge is 2.73. The van der Waals surface area contributed by atoms with E-state index in [1.165, 1.54) is 6.07 Å². The predicted molar refractivity (Wildman–Crippen MR) is 111 cm³/mol. The average Bonchev–Trinajstić information content (AvgIpc) is 3.41. The van der Waals surface area contributed by atoms with Crippen LogP contribution in [0.15, 0.2) is 48.5 Å². The smallest absolute Gasteiger partial charge is 0.433 e. The number of rotatable bonds is 5. The number of imide groups is 1. The number of ketones is 1. The van der Waals surface area contributed by atoms with Crippen LogP contribution in [0.1, 0.15) is 5.56 Å². The summed E-state index contributed by atoms with van der Waals surface area (Å²) in [6, 6.07) is 8.17. The lowest BCUT2D eigenvalue weighted by Gasteiger charge is -2.32. The van der Waals surface area contributed by atoms with Gasteiger partial charge in [-0.25, -0.2) is 14.2 Å². The zero-order valence-corrected chi connectivity index (χ0v) is 17.8. The van der Waals surface area contributed by atoms with Crippen molar-refractivity contribution in [3.05, 3.63) is 59.1 Å². The summed E-state index contributed by atoms with van der Waals surface area (Å²) in [5.41, 5.74) is -1.11. The van der Waals surface area contributed by atoms with Crippen LogP contribution in [0.5, 0.6) is 5.75 Å². The third-order valence-electron chi connectivity index (χ3n) is 6.46. The number of Topliss-reactive ketones (excluding diaryl/α,β-unsaturated/α-hetero) is 1. The Hall–Kier alpha value is -2.95. The summed E-state index contributed by atoms with van der Waals surface area (Å²) in [5, 5.41) is 0.512. The number of alkyl halides is 3. The number of quaternary nitrogens is 1. The molecule has 2 aromatic rings. The van der Waals surface area contributed by atoms with E-state index in [2.05, 4.69) is 0 Å². The summed E-state index contributed by atoms with van der Waals surface area (Å²) >= 11 is 5.84. The first-order valence-corrected chi connectivity index (χ1v) is 10.6. The maximum absolute atomic E-state index is 13.5. The maximum atomic E-state index is 13.5. The quantitative estimate of drug-likeness (QED) is 0.485. The van der Waals surface area contributed by atoms with E-state index in [4.69, 9.17) is 16.3 Å². The normalized spacial score (nSPS) is 28.4. The monoisotopic (exact) mass is 480 g/mol. The Bertz CT molecular complexity index is 1160. The molecule has 3 saturated heterocycles. The number of hydrogen-bond donors (Lipinski definition) is 0. The van der Waals surface area contributed by atoms with Gasteiger partial charge in [0.2, 0.25) is 5.78 Å². The molecule has 0 radical (unpaired) electrons. The number of nitrogens with zero attached hydrogens (tertiary/aromatic N) is 3. The number of amides is 3. The van der Waals surface area contributed by atoms with E-state index in [0.717, 1.165) is 23.1 Å². The van der Waals surface area contributed by atoms with E-state index < -0.39 is 40.2 Å². The van der Waals surface area contributed by atoms with E-state index in [1.54, 1.807) is 24.3 Å². The van der Waals surface area contributed by atoms with Crippen molar-refractivity contribution in [2.75, 3.05) is 31.3 Å². The Labute approximate surface area is 191 Å². The number of carbonyl (C=O) groups is 3. The first-order valence-electron chi connectivity index (χ1n) is 10.2. The van der Waals surface area contributed by atoms with Crippen molar-refractivity contribution >= 4 is 35.0 Å². The number of benzene rings is 2. The number of urea groups is 1. The van der Waals surface area contributed by atoms with Gasteiger partial charge in [0.15, 0.2) is 18.7 Å². The van der Waals surface area contributed by atoms with E-state index in [9.17, 15) is 27.6 Å². The highest BCUT2D eigenvalue weighted by Crippen LogP contribution is 2.44. The summed E-state index contributed by atoms with van der Waals surface area (Å²) in [7, 11) is 0. The number of halogens is 4. The molecule has 3 aliphatic rings. The van der Waals surface area contributed by atoms with Gasteiger partial charge in [-0.05, 0) is 42.5 Å². The molecule has 4 atom stereocenters. The summed E-state index contributed by atoms with van der Waals surface area (Å²) in [6.45, 7) is 0.385. The van der Waals surface area contributed by atoms with E-state index >= 15 is 0 Å². The molecule has 3 aliphatic heterocycles. The minimum absolute atomic E-state index is 0.149. The molecule has 33 heavy (non-hydrogen) atoms. The van der Waals surface area contributed by atoms with E-state index in [0.29, 0.717) is 10.8 Å². The zero-order chi connectivity index (χ0) is 23.5. The average molecular weight is 481 g/mol. The minimum Gasteiger partial charge on any atom is -0.486 e. The molecule has 3 fully saturated rings. The van der Waals surface area contributed by atoms with E-state index in [1.807, 2.05) is 4.90 Å². The number of hydrogen-bond acceptors (Lipinski definition) is 5. The van der Waals surface area contributed by atoms with Crippen LogP contribution >= 0.6 is 11.6 Å². The minimum atomic E-state index is -4.62. The molecule has 11 heteroatoms. The number of anilines is 1. The Morgan fingerprint density at radius 2 is 1.85 bits per heavy atom. The molecular formula is C22H18ClF3N3O4+. The topological polar surface area (TPSA) is 66.9 Å². The second-order valence-electron chi connectivity index (χ2n) is 8.35. The van der Waals surface area contributed by atoms with Gasteiger partial charge in [0.1, 0.15) is 12.4 Å². The molecule has 3 amide bonds. The second-order valence-corrected chi connectivity index (χ2v) is 8.79. The van der Waals surface area contributed by atoms with Crippen LogP contribution in [-0.4, -0.2) is 65.6 Å². The van der Waals surface area contributed by atoms with Crippen molar-refractivity contribution in [2.45, 2.75) is 18.3 Å². The van der Waals surface area contributed by atoms with Crippen LogP contribution in [0.4, 0.5) is 23.7 Å². The summed E-state index contributed by atoms with van der Waals surface area (Å²) < 4.78 is 44.6. The fourth-order valence-corrected chi connectivity index (χ4v) is 5.07. The van der Waals surface area contributed by atoms with Gasteiger partial charge >= 0.3 is 12.2 Å². The van der Waals surface area contributed by atoms with E-state index in [-0.39, 0.29) is 37.8 Å². The molecule has 3 heterocycles. The van der Waals surface area contributed by atoms with Gasteiger partial charge in [0, 0.05) is 5.02 Å². The number of ether oxygens (including phenoxy) is 1. The lowest BCUT2D eigenvalue weighted by atomic mass is 10.1. The van der Waals surface area contributed by atoms with Crippen LogP contribution in [0.25, 0.3) is 0 Å². The SMILES string of the molecule is O=C(COc1ccc(Cl)cc1)C1C[N@@]2CC3C(=O)N(c4cccc(C(F)(F)F)c4)C(=O)[N+]13C2. The molecule has 0 aliphatic carbocycles. The lowest BCUT2D eigenvalue weighted by Crippen LogP contribution is -2.63. The molecule has 7 nitrogen and oxygen atoms in total. The first-order chi connectivity index (χ1) is 15.6. The van der Waals surface area contributed by atoms with Gasteiger partial charge in [0.05, 0.1) is 24.3 Å². The summed E-state index contributed by atoms with van der Waals surface area (Å²) in [6.07, 6.45) is -4.62. The Kier molecular flexibility index (Phi) is 5.00. The Morgan fingerprint density at radius 1 is 1.12 bits per heavy atom. The fraction of sp³-hybridized carbons (Fsp3) is 0.318.